The normalized spacial score (nSPS) is 13.8. The van der Waals surface area contributed by atoms with E-state index >= 15 is 0 Å². The number of anilines is 1. The van der Waals surface area contributed by atoms with Gasteiger partial charge < -0.3 is 10.2 Å². The molecule has 1 aliphatic heterocycles. The maximum Gasteiger partial charge on any atom is 0.233 e. The number of aromatic nitrogens is 1. The molecule has 5 heteroatoms. The van der Waals surface area contributed by atoms with Crippen LogP contribution in [0.25, 0.3) is 0 Å². The number of fused-ring (bicyclic) bond motifs is 1. The molecule has 4 nitrogen and oxygen atoms in total. The summed E-state index contributed by atoms with van der Waals surface area (Å²) >= 11 is 1.67. The van der Waals surface area contributed by atoms with Crippen LogP contribution in [0.2, 0.25) is 0 Å². The lowest BCUT2D eigenvalue weighted by Crippen LogP contribution is -2.31. The van der Waals surface area contributed by atoms with Crippen molar-refractivity contribution >= 4 is 22.9 Å². The van der Waals surface area contributed by atoms with Gasteiger partial charge >= 0.3 is 0 Å². The van der Waals surface area contributed by atoms with Gasteiger partial charge in [0.15, 0.2) is 0 Å². The molecule has 2 heterocycles. The maximum atomic E-state index is 12.5. The molecule has 0 fully saturated rings. The standard InChI is InChI=1S/C16H19N3OS/c1-2-19(12-6-4-3-5-7-12)16(20)10-15-18-13-8-9-17-11-14(13)21-15/h3-7,17H,2,8-11H2,1H3. The number of amides is 1. The lowest BCUT2D eigenvalue weighted by molar-refractivity contribution is -0.117. The van der Waals surface area contributed by atoms with Gasteiger partial charge in [0.05, 0.1) is 12.1 Å². The molecule has 1 aromatic heterocycles. The van der Waals surface area contributed by atoms with Crippen LogP contribution in [0.3, 0.4) is 0 Å². The predicted octanol–water partition coefficient (Wildman–Crippen LogP) is 2.38. The third kappa shape index (κ3) is 3.14. The minimum Gasteiger partial charge on any atom is -0.312 e. The zero-order valence-corrected chi connectivity index (χ0v) is 12.9. The van der Waals surface area contributed by atoms with E-state index in [1.807, 2.05) is 42.2 Å². The van der Waals surface area contributed by atoms with Crippen molar-refractivity contribution in [2.24, 2.45) is 0 Å². The highest BCUT2D eigenvalue weighted by Gasteiger charge is 2.19. The van der Waals surface area contributed by atoms with Gasteiger partial charge in [-0.05, 0) is 19.1 Å². The first kappa shape index (κ1) is 14.2. The molecule has 0 saturated carbocycles. The molecule has 0 unspecified atom stereocenters. The molecular weight excluding hydrogens is 282 g/mol. The Bertz CT molecular complexity index is 600. The average Bonchev–Trinajstić information content (AvgIpc) is 2.91. The third-order valence-electron chi connectivity index (χ3n) is 3.63. The van der Waals surface area contributed by atoms with Gasteiger partial charge in [0.2, 0.25) is 5.91 Å². The molecule has 0 aliphatic carbocycles. The number of nitrogens with zero attached hydrogens (tertiary/aromatic N) is 2. The second kappa shape index (κ2) is 6.37. The first-order valence-corrected chi connectivity index (χ1v) is 8.13. The Balaban J connectivity index is 1.74. The molecule has 110 valence electrons. The second-order valence-corrected chi connectivity index (χ2v) is 6.22. The van der Waals surface area contributed by atoms with Gasteiger partial charge in [0, 0.05) is 36.6 Å². The number of nitrogens with one attached hydrogen (secondary N) is 1. The Morgan fingerprint density at radius 3 is 2.90 bits per heavy atom. The fourth-order valence-electron chi connectivity index (χ4n) is 2.59. The van der Waals surface area contributed by atoms with E-state index in [1.165, 1.54) is 10.6 Å². The van der Waals surface area contributed by atoms with Crippen molar-refractivity contribution in [3.05, 3.63) is 45.9 Å². The van der Waals surface area contributed by atoms with Crippen molar-refractivity contribution in [1.82, 2.24) is 10.3 Å². The average molecular weight is 301 g/mol. The van der Waals surface area contributed by atoms with Gasteiger partial charge in [-0.1, -0.05) is 18.2 Å². The number of rotatable bonds is 4. The predicted molar refractivity (Wildman–Crippen MR) is 85.7 cm³/mol. The van der Waals surface area contributed by atoms with Gasteiger partial charge in [0.25, 0.3) is 0 Å². The zero-order chi connectivity index (χ0) is 14.7. The first-order valence-electron chi connectivity index (χ1n) is 7.31. The van der Waals surface area contributed by atoms with Crippen molar-refractivity contribution < 1.29 is 4.79 Å². The Labute approximate surface area is 128 Å². The number of likely N-dealkylation sites (N-methyl/N-ethyl adjacent to an activating group) is 1. The third-order valence-corrected chi connectivity index (χ3v) is 4.73. The van der Waals surface area contributed by atoms with E-state index < -0.39 is 0 Å². The van der Waals surface area contributed by atoms with Crippen LogP contribution in [0, 0.1) is 0 Å². The monoisotopic (exact) mass is 301 g/mol. The summed E-state index contributed by atoms with van der Waals surface area (Å²) in [6.07, 6.45) is 1.36. The number of para-hydroxylation sites is 1. The molecule has 0 atom stereocenters. The first-order chi connectivity index (χ1) is 10.3. The van der Waals surface area contributed by atoms with E-state index in [2.05, 4.69) is 10.3 Å². The summed E-state index contributed by atoms with van der Waals surface area (Å²) in [5.74, 6) is 0.114. The lowest BCUT2D eigenvalue weighted by Gasteiger charge is -2.20. The maximum absolute atomic E-state index is 12.5. The summed E-state index contributed by atoms with van der Waals surface area (Å²) in [5.41, 5.74) is 2.12. The lowest BCUT2D eigenvalue weighted by atomic mass is 10.2. The van der Waals surface area contributed by atoms with Gasteiger partial charge in [0.1, 0.15) is 5.01 Å². The molecule has 0 radical (unpaired) electrons. The Hall–Kier alpha value is -1.72. The molecule has 0 bridgehead atoms. The van der Waals surface area contributed by atoms with Crippen LogP contribution in [0.15, 0.2) is 30.3 Å². The summed E-state index contributed by atoms with van der Waals surface area (Å²) in [6.45, 7) is 4.55. The number of thiazole rings is 1. The highest BCUT2D eigenvalue weighted by atomic mass is 32.1. The summed E-state index contributed by atoms with van der Waals surface area (Å²) in [7, 11) is 0. The van der Waals surface area contributed by atoms with Crippen LogP contribution < -0.4 is 10.2 Å². The summed E-state index contributed by atoms with van der Waals surface area (Å²) in [6, 6.07) is 9.82. The quantitative estimate of drug-likeness (QED) is 0.943. The summed E-state index contributed by atoms with van der Waals surface area (Å²) in [4.78, 5) is 20.3. The zero-order valence-electron chi connectivity index (χ0n) is 12.1. The molecular formula is C16H19N3OS. The molecule has 1 N–H and O–H groups in total. The van der Waals surface area contributed by atoms with Crippen LogP contribution in [-0.4, -0.2) is 24.0 Å². The number of hydrogen-bond donors (Lipinski definition) is 1. The van der Waals surface area contributed by atoms with Crippen molar-refractivity contribution in [2.45, 2.75) is 26.3 Å². The topological polar surface area (TPSA) is 45.2 Å². The Kier molecular flexibility index (Phi) is 4.31. The van der Waals surface area contributed by atoms with Crippen LogP contribution in [0.5, 0.6) is 0 Å². The van der Waals surface area contributed by atoms with E-state index in [0.717, 1.165) is 30.2 Å². The van der Waals surface area contributed by atoms with Crippen LogP contribution in [0.1, 0.15) is 22.5 Å². The van der Waals surface area contributed by atoms with E-state index in [4.69, 9.17) is 0 Å². The molecule has 2 aromatic rings. The number of carbonyl (C=O) groups is 1. The van der Waals surface area contributed by atoms with E-state index in [9.17, 15) is 4.79 Å². The molecule has 1 aliphatic rings. The highest BCUT2D eigenvalue weighted by molar-refractivity contribution is 7.11. The van der Waals surface area contributed by atoms with Crippen molar-refractivity contribution in [1.29, 1.82) is 0 Å². The van der Waals surface area contributed by atoms with Crippen LogP contribution in [-0.2, 0) is 24.2 Å². The van der Waals surface area contributed by atoms with E-state index in [0.29, 0.717) is 13.0 Å². The van der Waals surface area contributed by atoms with E-state index in [1.54, 1.807) is 11.3 Å². The van der Waals surface area contributed by atoms with E-state index in [-0.39, 0.29) is 5.91 Å². The van der Waals surface area contributed by atoms with Crippen LogP contribution >= 0.6 is 11.3 Å². The smallest absolute Gasteiger partial charge is 0.233 e. The van der Waals surface area contributed by atoms with Gasteiger partial charge in [-0.15, -0.1) is 11.3 Å². The molecule has 1 aromatic carbocycles. The molecule has 21 heavy (non-hydrogen) atoms. The van der Waals surface area contributed by atoms with Crippen molar-refractivity contribution in [3.63, 3.8) is 0 Å². The number of hydrogen-bond acceptors (Lipinski definition) is 4. The minimum atomic E-state index is 0.114. The Morgan fingerprint density at radius 1 is 1.38 bits per heavy atom. The minimum absolute atomic E-state index is 0.114. The number of benzene rings is 1. The highest BCUT2D eigenvalue weighted by Crippen LogP contribution is 2.23. The van der Waals surface area contributed by atoms with Gasteiger partial charge in [-0.3, -0.25) is 4.79 Å². The van der Waals surface area contributed by atoms with Crippen molar-refractivity contribution in [3.8, 4) is 0 Å². The van der Waals surface area contributed by atoms with Crippen LogP contribution in [0.4, 0.5) is 5.69 Å². The SMILES string of the molecule is CCN(C(=O)Cc1nc2c(s1)CNCC2)c1ccccc1. The Morgan fingerprint density at radius 2 is 2.19 bits per heavy atom. The van der Waals surface area contributed by atoms with Gasteiger partial charge in [-0.25, -0.2) is 4.98 Å². The molecule has 0 saturated heterocycles. The number of carbonyl (C=O) groups excluding carboxylic acids is 1. The largest absolute Gasteiger partial charge is 0.312 e. The fraction of sp³-hybridized carbons (Fsp3) is 0.375. The molecule has 3 rings (SSSR count). The molecule has 1 amide bonds. The summed E-state index contributed by atoms with van der Waals surface area (Å²) < 4.78 is 0. The second-order valence-electron chi connectivity index (χ2n) is 5.05. The summed E-state index contributed by atoms with van der Waals surface area (Å²) in [5, 5.41) is 4.28. The fourth-order valence-corrected chi connectivity index (χ4v) is 3.67. The van der Waals surface area contributed by atoms with Crippen molar-refractivity contribution in [2.75, 3.05) is 18.0 Å². The molecule has 0 spiro atoms. The van der Waals surface area contributed by atoms with Gasteiger partial charge in [-0.2, -0.15) is 0 Å².